The lowest BCUT2D eigenvalue weighted by molar-refractivity contribution is 0.297. The van der Waals surface area contributed by atoms with E-state index in [0.717, 1.165) is 12.0 Å². The molecule has 0 aliphatic carbocycles. The Morgan fingerprint density at radius 3 is 2.81 bits per heavy atom. The van der Waals surface area contributed by atoms with Gasteiger partial charge in [0, 0.05) is 19.5 Å². The van der Waals surface area contributed by atoms with Crippen LogP contribution in [0.3, 0.4) is 0 Å². The lowest BCUT2D eigenvalue weighted by atomic mass is 10.2. The van der Waals surface area contributed by atoms with Gasteiger partial charge in [-0.3, -0.25) is 0 Å². The van der Waals surface area contributed by atoms with Crippen LogP contribution in [0.15, 0.2) is 12.1 Å². The highest BCUT2D eigenvalue weighted by atomic mass is 35.5. The first-order valence-corrected chi connectivity index (χ1v) is 8.75. The Morgan fingerprint density at radius 2 is 2.05 bits per heavy atom. The monoisotopic (exact) mass is 334 g/mol. The average molecular weight is 335 g/mol. The highest BCUT2D eigenvalue weighted by molar-refractivity contribution is 7.89. The van der Waals surface area contributed by atoms with Gasteiger partial charge in [-0.15, -0.1) is 0 Å². The highest BCUT2D eigenvalue weighted by Crippen LogP contribution is 2.37. The molecule has 0 bridgehead atoms. The molecule has 1 aromatic rings. The van der Waals surface area contributed by atoms with Gasteiger partial charge >= 0.3 is 0 Å². The van der Waals surface area contributed by atoms with Crippen LogP contribution in [0.1, 0.15) is 12.0 Å². The number of hydrogen-bond donors (Lipinski definition) is 2. The van der Waals surface area contributed by atoms with E-state index in [-0.39, 0.29) is 5.75 Å². The van der Waals surface area contributed by atoms with E-state index in [1.54, 1.807) is 6.07 Å². The molecule has 118 valence electrons. The van der Waals surface area contributed by atoms with E-state index in [2.05, 4.69) is 10.0 Å². The van der Waals surface area contributed by atoms with Crippen LogP contribution in [0.5, 0.6) is 11.5 Å². The first-order valence-electron chi connectivity index (χ1n) is 6.72. The molecule has 1 aliphatic rings. The van der Waals surface area contributed by atoms with Crippen molar-refractivity contribution in [2.75, 3.05) is 32.6 Å². The zero-order chi connectivity index (χ0) is 15.3. The Labute approximate surface area is 129 Å². The number of rotatable bonds is 6. The molecule has 21 heavy (non-hydrogen) atoms. The van der Waals surface area contributed by atoms with E-state index in [1.165, 1.54) is 7.05 Å². The predicted octanol–water partition coefficient (Wildman–Crippen LogP) is 1.14. The van der Waals surface area contributed by atoms with Crippen LogP contribution < -0.4 is 19.5 Å². The van der Waals surface area contributed by atoms with Crippen molar-refractivity contribution in [2.24, 2.45) is 0 Å². The van der Waals surface area contributed by atoms with Gasteiger partial charge in [-0.2, -0.15) is 0 Å². The average Bonchev–Trinajstić information content (AvgIpc) is 2.69. The normalized spacial score (nSPS) is 14.8. The molecule has 0 aromatic heterocycles. The van der Waals surface area contributed by atoms with Crippen molar-refractivity contribution in [3.05, 3.63) is 22.7 Å². The summed E-state index contributed by atoms with van der Waals surface area (Å²) in [6.07, 6.45) is 0.820. The summed E-state index contributed by atoms with van der Waals surface area (Å²) >= 11 is 6.19. The molecule has 0 fully saturated rings. The van der Waals surface area contributed by atoms with Gasteiger partial charge in [-0.25, -0.2) is 13.1 Å². The quantitative estimate of drug-likeness (QED) is 0.763. The number of nitrogens with one attached hydrogen (secondary N) is 2. The standard InChI is InChI=1S/C13H19ClN2O4S/c1-15-21(17,18)6-3-16-9-10-7-11(14)13-12(8-10)19-4-2-5-20-13/h7-8,15-16H,2-6,9H2,1H3. The summed E-state index contributed by atoms with van der Waals surface area (Å²) in [4.78, 5) is 0. The highest BCUT2D eigenvalue weighted by Gasteiger charge is 2.15. The van der Waals surface area contributed by atoms with Crippen molar-refractivity contribution < 1.29 is 17.9 Å². The van der Waals surface area contributed by atoms with E-state index in [9.17, 15) is 8.42 Å². The van der Waals surface area contributed by atoms with Crippen molar-refractivity contribution in [1.29, 1.82) is 0 Å². The molecule has 0 atom stereocenters. The first-order chi connectivity index (χ1) is 10.0. The molecular weight excluding hydrogens is 316 g/mol. The van der Waals surface area contributed by atoms with Gasteiger partial charge in [0.2, 0.25) is 10.0 Å². The molecule has 1 heterocycles. The molecule has 0 spiro atoms. The zero-order valence-electron chi connectivity index (χ0n) is 11.8. The van der Waals surface area contributed by atoms with Crippen LogP contribution in [0.2, 0.25) is 5.02 Å². The molecule has 1 aromatic carbocycles. The second-order valence-electron chi connectivity index (χ2n) is 4.66. The van der Waals surface area contributed by atoms with E-state index < -0.39 is 10.0 Å². The molecule has 8 heteroatoms. The SMILES string of the molecule is CNS(=O)(=O)CCNCc1cc(Cl)c2c(c1)OCCCO2. The molecule has 0 saturated heterocycles. The van der Waals surface area contributed by atoms with Crippen molar-refractivity contribution >= 4 is 21.6 Å². The maximum absolute atomic E-state index is 11.3. The summed E-state index contributed by atoms with van der Waals surface area (Å²) in [5.74, 6) is 1.25. The minimum Gasteiger partial charge on any atom is -0.489 e. The van der Waals surface area contributed by atoms with Gasteiger partial charge in [0.1, 0.15) is 0 Å². The fourth-order valence-corrected chi connectivity index (χ4v) is 2.83. The molecule has 0 amide bonds. The Kier molecular flexibility index (Phi) is 5.69. The number of benzene rings is 1. The predicted molar refractivity (Wildman–Crippen MR) is 81.6 cm³/mol. The third kappa shape index (κ3) is 4.74. The summed E-state index contributed by atoms with van der Waals surface area (Å²) in [6.45, 7) is 2.05. The molecule has 6 nitrogen and oxygen atoms in total. The fourth-order valence-electron chi connectivity index (χ4n) is 1.93. The summed E-state index contributed by atoms with van der Waals surface area (Å²) < 4.78 is 36.0. The van der Waals surface area contributed by atoms with E-state index in [4.69, 9.17) is 21.1 Å². The number of halogens is 1. The number of fused-ring (bicyclic) bond motifs is 1. The summed E-state index contributed by atoms with van der Waals surface area (Å²) in [5, 5.41) is 3.58. The Hall–Kier alpha value is -1.02. The zero-order valence-corrected chi connectivity index (χ0v) is 13.4. The molecule has 0 radical (unpaired) electrons. The molecule has 0 saturated carbocycles. The number of sulfonamides is 1. The minimum absolute atomic E-state index is 0.0295. The Morgan fingerprint density at radius 1 is 1.29 bits per heavy atom. The van der Waals surface area contributed by atoms with E-state index in [0.29, 0.717) is 42.8 Å². The van der Waals surface area contributed by atoms with Crippen LogP contribution in [-0.4, -0.2) is 41.0 Å². The van der Waals surface area contributed by atoms with Crippen molar-refractivity contribution in [1.82, 2.24) is 10.0 Å². The third-order valence-corrected chi connectivity index (χ3v) is 4.69. The Balaban J connectivity index is 1.95. The molecular formula is C13H19ClN2O4S. The van der Waals surface area contributed by atoms with Gasteiger partial charge in [0.15, 0.2) is 11.5 Å². The second kappa shape index (κ2) is 7.31. The minimum atomic E-state index is -3.18. The fraction of sp³-hybridized carbons (Fsp3) is 0.538. The number of ether oxygens (including phenoxy) is 2. The van der Waals surface area contributed by atoms with Gasteiger partial charge in [-0.1, -0.05) is 11.6 Å². The topological polar surface area (TPSA) is 76.7 Å². The second-order valence-corrected chi connectivity index (χ2v) is 7.11. The maximum Gasteiger partial charge on any atom is 0.212 e. The van der Waals surface area contributed by atoms with Gasteiger partial charge < -0.3 is 14.8 Å². The first kappa shape index (κ1) is 16.4. The smallest absolute Gasteiger partial charge is 0.212 e. The molecule has 0 unspecified atom stereocenters. The Bertz CT molecular complexity index is 592. The van der Waals surface area contributed by atoms with Gasteiger partial charge in [-0.05, 0) is 24.7 Å². The lowest BCUT2D eigenvalue weighted by Crippen LogP contribution is -2.29. The van der Waals surface area contributed by atoms with Crippen molar-refractivity contribution in [3.63, 3.8) is 0 Å². The largest absolute Gasteiger partial charge is 0.489 e. The van der Waals surface area contributed by atoms with Crippen LogP contribution in [0, 0.1) is 0 Å². The van der Waals surface area contributed by atoms with Crippen LogP contribution in [-0.2, 0) is 16.6 Å². The maximum atomic E-state index is 11.3. The lowest BCUT2D eigenvalue weighted by Gasteiger charge is -2.12. The molecule has 2 rings (SSSR count). The number of hydrogen-bond acceptors (Lipinski definition) is 5. The summed E-state index contributed by atoms with van der Waals surface area (Å²) in [5.41, 5.74) is 0.922. The summed E-state index contributed by atoms with van der Waals surface area (Å²) in [7, 11) is -1.78. The van der Waals surface area contributed by atoms with Crippen molar-refractivity contribution in [3.8, 4) is 11.5 Å². The molecule has 2 N–H and O–H groups in total. The van der Waals surface area contributed by atoms with Gasteiger partial charge in [0.05, 0.1) is 24.0 Å². The van der Waals surface area contributed by atoms with E-state index in [1.807, 2.05) is 6.07 Å². The third-order valence-electron chi connectivity index (χ3n) is 3.05. The van der Waals surface area contributed by atoms with Crippen LogP contribution >= 0.6 is 11.6 Å². The van der Waals surface area contributed by atoms with Crippen LogP contribution in [0.4, 0.5) is 0 Å². The molecule has 1 aliphatic heterocycles. The van der Waals surface area contributed by atoms with Crippen LogP contribution in [0.25, 0.3) is 0 Å². The van der Waals surface area contributed by atoms with Crippen molar-refractivity contribution in [2.45, 2.75) is 13.0 Å². The van der Waals surface area contributed by atoms with Gasteiger partial charge in [0.25, 0.3) is 0 Å². The summed E-state index contributed by atoms with van der Waals surface area (Å²) in [6, 6.07) is 3.67. The van der Waals surface area contributed by atoms with E-state index >= 15 is 0 Å².